The average Bonchev–Trinajstić information content (AvgIpc) is 2.68. The highest BCUT2D eigenvalue weighted by Crippen LogP contribution is 2.50. The maximum atomic E-state index is 14.3. The van der Waals surface area contributed by atoms with Crippen molar-refractivity contribution in [3.8, 4) is 0 Å². The van der Waals surface area contributed by atoms with Crippen LogP contribution >= 0.6 is 0 Å². The van der Waals surface area contributed by atoms with Gasteiger partial charge in [0, 0.05) is 34.9 Å². The minimum atomic E-state index is -0.929. The summed E-state index contributed by atoms with van der Waals surface area (Å²) in [7, 11) is 0. The molecule has 0 saturated heterocycles. The van der Waals surface area contributed by atoms with Crippen molar-refractivity contribution in [2.24, 2.45) is 5.41 Å². The molecular weight excluding hydrogens is 396 g/mol. The summed E-state index contributed by atoms with van der Waals surface area (Å²) in [6.07, 6.45) is 1.10. The van der Waals surface area contributed by atoms with Gasteiger partial charge in [-0.25, -0.2) is 18.7 Å². The second kappa shape index (κ2) is 6.67. The Labute approximate surface area is 179 Å². The molecule has 0 amide bonds. The molecule has 5 rings (SSSR count). The number of allylic oxidation sites excluding steroid dienone is 2. The number of halogens is 2. The predicted molar refractivity (Wildman–Crippen MR) is 116 cm³/mol. The van der Waals surface area contributed by atoms with Crippen molar-refractivity contribution in [2.75, 3.05) is 5.32 Å². The van der Waals surface area contributed by atoms with Crippen molar-refractivity contribution in [2.45, 2.75) is 46.5 Å². The van der Waals surface area contributed by atoms with Gasteiger partial charge < -0.3 is 5.32 Å². The highest BCUT2D eigenvalue weighted by molar-refractivity contribution is 6.03. The molecule has 0 radical (unpaired) electrons. The molecule has 1 aliphatic heterocycles. The molecule has 158 valence electrons. The van der Waals surface area contributed by atoms with Crippen LogP contribution in [-0.4, -0.2) is 15.8 Å². The van der Waals surface area contributed by atoms with Crippen molar-refractivity contribution >= 4 is 22.5 Å². The Morgan fingerprint density at radius 3 is 2.48 bits per heavy atom. The van der Waals surface area contributed by atoms with Gasteiger partial charge in [-0.1, -0.05) is 19.9 Å². The Hall–Kier alpha value is -3.15. The molecule has 2 aromatic carbocycles. The van der Waals surface area contributed by atoms with Crippen LogP contribution in [0.1, 0.15) is 55.1 Å². The van der Waals surface area contributed by atoms with E-state index in [1.165, 1.54) is 6.07 Å². The number of aryl methyl sites for hydroxylation is 2. The first-order valence-corrected chi connectivity index (χ1v) is 10.4. The van der Waals surface area contributed by atoms with Gasteiger partial charge in [-0.3, -0.25) is 4.79 Å². The number of hydrogen-bond donors (Lipinski definition) is 1. The number of fused-ring (bicyclic) bond motifs is 3. The van der Waals surface area contributed by atoms with Gasteiger partial charge in [-0.2, -0.15) is 0 Å². The van der Waals surface area contributed by atoms with E-state index in [9.17, 15) is 13.6 Å². The van der Waals surface area contributed by atoms with Crippen molar-refractivity contribution in [1.29, 1.82) is 0 Å². The smallest absolute Gasteiger partial charge is 0.162 e. The molecular formula is C25H23F2N3O. The van der Waals surface area contributed by atoms with E-state index in [1.807, 2.05) is 26.0 Å². The molecule has 2 heterocycles. The fourth-order valence-electron chi connectivity index (χ4n) is 4.83. The van der Waals surface area contributed by atoms with Crippen LogP contribution in [0.3, 0.4) is 0 Å². The van der Waals surface area contributed by atoms with Crippen LogP contribution in [0.4, 0.5) is 14.5 Å². The van der Waals surface area contributed by atoms with Gasteiger partial charge in [0.25, 0.3) is 0 Å². The zero-order valence-electron chi connectivity index (χ0n) is 17.9. The number of nitrogens with zero attached hydrogens (tertiary/aromatic N) is 2. The minimum Gasteiger partial charge on any atom is -0.358 e. The third-order valence-electron chi connectivity index (χ3n) is 6.35. The Morgan fingerprint density at radius 2 is 1.74 bits per heavy atom. The van der Waals surface area contributed by atoms with E-state index in [4.69, 9.17) is 4.98 Å². The Morgan fingerprint density at radius 1 is 1.00 bits per heavy atom. The maximum absolute atomic E-state index is 14.3. The summed E-state index contributed by atoms with van der Waals surface area (Å²) in [6.45, 7) is 7.93. The van der Waals surface area contributed by atoms with Crippen molar-refractivity contribution in [3.63, 3.8) is 0 Å². The second-order valence-corrected chi connectivity index (χ2v) is 9.35. The first-order valence-electron chi connectivity index (χ1n) is 10.4. The van der Waals surface area contributed by atoms with Crippen LogP contribution in [0.2, 0.25) is 0 Å². The Balaban J connectivity index is 1.84. The fraction of sp³-hybridized carbons (Fsp3) is 0.320. The van der Waals surface area contributed by atoms with Gasteiger partial charge in [-0.15, -0.1) is 0 Å². The van der Waals surface area contributed by atoms with Crippen LogP contribution in [0.5, 0.6) is 0 Å². The second-order valence-electron chi connectivity index (χ2n) is 9.35. The lowest BCUT2D eigenvalue weighted by molar-refractivity contribution is -0.118. The topological polar surface area (TPSA) is 54.9 Å². The summed E-state index contributed by atoms with van der Waals surface area (Å²) in [5, 5.41) is 3.46. The predicted octanol–water partition coefficient (Wildman–Crippen LogP) is 5.73. The number of benzene rings is 2. The highest BCUT2D eigenvalue weighted by Gasteiger charge is 2.41. The molecule has 1 N–H and O–H groups in total. The molecule has 0 spiro atoms. The van der Waals surface area contributed by atoms with Gasteiger partial charge in [0.15, 0.2) is 17.4 Å². The number of aromatic nitrogens is 2. The zero-order valence-corrected chi connectivity index (χ0v) is 17.9. The lowest BCUT2D eigenvalue weighted by Gasteiger charge is -2.39. The van der Waals surface area contributed by atoms with Gasteiger partial charge in [0.05, 0.1) is 22.4 Å². The Bertz CT molecular complexity index is 1310. The van der Waals surface area contributed by atoms with E-state index in [2.05, 4.69) is 24.1 Å². The molecule has 2 aliphatic rings. The number of anilines is 1. The molecule has 1 atom stereocenters. The van der Waals surface area contributed by atoms with Gasteiger partial charge >= 0.3 is 0 Å². The highest BCUT2D eigenvalue weighted by atomic mass is 19.2. The third-order valence-corrected chi connectivity index (χ3v) is 6.35. The van der Waals surface area contributed by atoms with Crippen molar-refractivity contribution in [1.82, 2.24) is 9.97 Å². The quantitative estimate of drug-likeness (QED) is 0.548. The lowest BCUT2D eigenvalue weighted by atomic mass is 9.68. The van der Waals surface area contributed by atoms with Crippen molar-refractivity contribution in [3.05, 3.63) is 75.8 Å². The molecule has 1 unspecified atom stereocenters. The normalized spacial score (nSPS) is 19.8. The summed E-state index contributed by atoms with van der Waals surface area (Å²) in [6, 6.07) is 7.72. The molecule has 4 nitrogen and oxygen atoms in total. The summed E-state index contributed by atoms with van der Waals surface area (Å²) >= 11 is 0. The maximum Gasteiger partial charge on any atom is 0.162 e. The van der Waals surface area contributed by atoms with E-state index in [0.717, 1.165) is 34.4 Å². The van der Waals surface area contributed by atoms with E-state index in [0.29, 0.717) is 35.0 Å². The first-order chi connectivity index (χ1) is 14.6. The van der Waals surface area contributed by atoms with Crippen LogP contribution in [0, 0.1) is 30.9 Å². The van der Waals surface area contributed by atoms with Gasteiger partial charge in [0.2, 0.25) is 0 Å². The van der Waals surface area contributed by atoms with Crippen LogP contribution in [0.15, 0.2) is 41.6 Å². The number of carbonyl (C=O) groups is 1. The number of rotatable bonds is 1. The van der Waals surface area contributed by atoms with E-state index in [-0.39, 0.29) is 11.2 Å². The molecule has 1 aliphatic carbocycles. The number of carbonyl (C=O) groups excluding carboxylic acids is 1. The molecule has 0 fully saturated rings. The molecule has 1 aromatic heterocycles. The van der Waals surface area contributed by atoms with Gasteiger partial charge in [0.1, 0.15) is 0 Å². The monoisotopic (exact) mass is 419 g/mol. The van der Waals surface area contributed by atoms with Crippen LogP contribution < -0.4 is 5.32 Å². The Kier molecular flexibility index (Phi) is 4.26. The fourth-order valence-corrected chi connectivity index (χ4v) is 4.83. The third kappa shape index (κ3) is 3.12. The number of hydrogen-bond acceptors (Lipinski definition) is 4. The van der Waals surface area contributed by atoms with E-state index < -0.39 is 17.6 Å². The molecule has 3 aromatic rings. The lowest BCUT2D eigenvalue weighted by Crippen LogP contribution is -2.34. The average molecular weight is 419 g/mol. The summed E-state index contributed by atoms with van der Waals surface area (Å²) < 4.78 is 28.0. The van der Waals surface area contributed by atoms with Crippen LogP contribution in [0.25, 0.3) is 11.0 Å². The molecule has 31 heavy (non-hydrogen) atoms. The van der Waals surface area contributed by atoms with Crippen molar-refractivity contribution < 1.29 is 13.6 Å². The SMILES string of the molecule is Cc1nc2ccc3c(c2nc1C)C(c1ccc(F)c(F)c1)C1=C(CC(C)(C)CC1=O)N3. The summed E-state index contributed by atoms with van der Waals surface area (Å²) in [4.78, 5) is 22.8. The molecule has 6 heteroatoms. The van der Waals surface area contributed by atoms with E-state index >= 15 is 0 Å². The number of Topliss-reactive ketones (excluding diaryl/α,β-unsaturated/α-hetero) is 1. The van der Waals surface area contributed by atoms with Gasteiger partial charge in [-0.05, 0) is 55.5 Å². The standard InChI is InChI=1S/C25H23F2N3O/c1-12-13(2)29-24-18(28-12)8-7-17-23(24)21(14-5-6-15(26)16(27)9-14)22-19(30-17)10-25(3,4)11-20(22)31/h5-9,21,30H,10-11H2,1-4H3. The summed E-state index contributed by atoms with van der Waals surface area (Å²) in [5.41, 5.74) is 6.44. The largest absolute Gasteiger partial charge is 0.358 e. The van der Waals surface area contributed by atoms with E-state index in [1.54, 1.807) is 6.07 Å². The summed E-state index contributed by atoms with van der Waals surface area (Å²) in [5.74, 6) is -2.35. The molecule has 0 bridgehead atoms. The number of ketones is 1. The molecule has 0 saturated carbocycles. The zero-order chi connectivity index (χ0) is 22.1. The minimum absolute atomic E-state index is 0.0212. The number of nitrogens with one attached hydrogen (secondary N) is 1. The first kappa shape index (κ1) is 19.8. The van der Waals surface area contributed by atoms with Crippen LogP contribution in [-0.2, 0) is 4.79 Å².